The molecule has 0 radical (unpaired) electrons. The molecule has 3 rings (SSSR count). The number of nitrogens with one attached hydrogen (secondary N) is 1. The van der Waals surface area contributed by atoms with Crippen LogP contribution < -0.4 is 5.32 Å². The van der Waals surface area contributed by atoms with Crippen LogP contribution in [0.25, 0.3) is 0 Å². The summed E-state index contributed by atoms with van der Waals surface area (Å²) in [5.41, 5.74) is 0. The third-order valence-electron chi connectivity index (χ3n) is 5.60. The summed E-state index contributed by atoms with van der Waals surface area (Å²) >= 11 is 0. The highest BCUT2D eigenvalue weighted by atomic mass is 16.8. The molecule has 5 N–H and O–H groups in total. The molecular formula is C20H35NO11. The molecule has 0 aromatic heterocycles. The Morgan fingerprint density at radius 1 is 1.16 bits per heavy atom. The molecule has 3 aliphatic rings. The first-order valence-corrected chi connectivity index (χ1v) is 10.9. The lowest BCUT2D eigenvalue weighted by atomic mass is 9.97. The largest absolute Gasteiger partial charge is 0.394 e. The van der Waals surface area contributed by atoms with Gasteiger partial charge in [-0.1, -0.05) is 6.92 Å². The monoisotopic (exact) mass is 465 g/mol. The van der Waals surface area contributed by atoms with Crippen LogP contribution >= 0.6 is 0 Å². The summed E-state index contributed by atoms with van der Waals surface area (Å²) in [5, 5.41) is 43.1. The zero-order valence-electron chi connectivity index (χ0n) is 18.7. The Morgan fingerprint density at radius 2 is 1.88 bits per heavy atom. The Kier molecular flexibility index (Phi) is 8.47. The van der Waals surface area contributed by atoms with Crippen molar-refractivity contribution in [3.63, 3.8) is 0 Å². The van der Waals surface area contributed by atoms with Crippen LogP contribution in [0.4, 0.5) is 0 Å². The minimum Gasteiger partial charge on any atom is -0.394 e. The lowest BCUT2D eigenvalue weighted by Gasteiger charge is -2.42. The number of aliphatic hydroxyl groups excluding tert-OH is 4. The Balaban J connectivity index is 1.65. The second-order valence-corrected chi connectivity index (χ2v) is 8.74. The van der Waals surface area contributed by atoms with E-state index < -0.39 is 79.7 Å². The van der Waals surface area contributed by atoms with E-state index in [0.29, 0.717) is 6.61 Å². The molecule has 10 unspecified atom stereocenters. The summed E-state index contributed by atoms with van der Waals surface area (Å²) < 4.78 is 34.5. The maximum Gasteiger partial charge on any atom is 0.217 e. The molecule has 0 aromatic carbocycles. The molecule has 0 saturated carbocycles. The fourth-order valence-corrected chi connectivity index (χ4v) is 4.16. The summed E-state index contributed by atoms with van der Waals surface area (Å²) in [6.07, 6.45) is -8.30. The second-order valence-electron chi connectivity index (χ2n) is 8.74. The highest BCUT2D eigenvalue weighted by Crippen LogP contribution is 2.39. The van der Waals surface area contributed by atoms with E-state index >= 15 is 0 Å². The van der Waals surface area contributed by atoms with E-state index in [0.717, 1.165) is 6.42 Å². The van der Waals surface area contributed by atoms with Crippen molar-refractivity contribution in [2.45, 2.75) is 101 Å². The second kappa shape index (κ2) is 10.6. The molecule has 3 fully saturated rings. The van der Waals surface area contributed by atoms with Crippen LogP contribution in [0.15, 0.2) is 0 Å². The number of ether oxygens (including phenoxy) is 6. The van der Waals surface area contributed by atoms with Crippen molar-refractivity contribution in [2.24, 2.45) is 0 Å². The Hall–Kier alpha value is -0.930. The topological polar surface area (TPSA) is 165 Å². The predicted molar refractivity (Wildman–Crippen MR) is 106 cm³/mol. The van der Waals surface area contributed by atoms with Gasteiger partial charge in [0.15, 0.2) is 18.4 Å². The van der Waals surface area contributed by atoms with Crippen molar-refractivity contribution in [2.75, 3.05) is 19.8 Å². The van der Waals surface area contributed by atoms with Gasteiger partial charge in [0.1, 0.15) is 48.8 Å². The molecule has 0 spiro atoms. The molecule has 12 nitrogen and oxygen atoms in total. The molecule has 0 aromatic rings. The average molecular weight is 465 g/mol. The molecular weight excluding hydrogens is 430 g/mol. The third kappa shape index (κ3) is 5.58. The number of aliphatic hydroxyl groups is 4. The predicted octanol–water partition coefficient (Wildman–Crippen LogP) is -2.02. The molecule has 0 bridgehead atoms. The van der Waals surface area contributed by atoms with E-state index in [-0.39, 0.29) is 6.61 Å². The van der Waals surface area contributed by atoms with E-state index in [1.54, 1.807) is 13.8 Å². The van der Waals surface area contributed by atoms with Crippen molar-refractivity contribution in [1.82, 2.24) is 5.32 Å². The number of amides is 1. The van der Waals surface area contributed by atoms with Crippen LogP contribution in [0.5, 0.6) is 0 Å². The number of hydrogen-bond acceptors (Lipinski definition) is 11. The minimum absolute atomic E-state index is 0.304. The van der Waals surface area contributed by atoms with E-state index in [1.165, 1.54) is 6.92 Å². The van der Waals surface area contributed by atoms with E-state index in [9.17, 15) is 25.2 Å². The van der Waals surface area contributed by atoms with Gasteiger partial charge in [-0.05, 0) is 20.3 Å². The van der Waals surface area contributed by atoms with Crippen LogP contribution in [0.3, 0.4) is 0 Å². The molecule has 12 heteroatoms. The zero-order chi connectivity index (χ0) is 23.6. The standard InChI is InChI=1S/C20H35NO11/c1-5-6-27-16-15(30-19-17(16)31-20(3,4)32-19)10(24)8-28-18-12(21-9(2)23)14(26)13(25)11(7-22)29-18/h10-19,22,24-26H,5-8H2,1-4H3,(H,21,23). The Bertz CT molecular complexity index is 635. The van der Waals surface area contributed by atoms with E-state index in [1.807, 2.05) is 6.92 Å². The van der Waals surface area contributed by atoms with Gasteiger partial charge in [0.05, 0.1) is 13.2 Å². The Labute approximate surface area is 186 Å². The summed E-state index contributed by atoms with van der Waals surface area (Å²) in [4.78, 5) is 11.5. The first-order chi connectivity index (χ1) is 15.1. The highest BCUT2D eigenvalue weighted by molar-refractivity contribution is 5.73. The van der Waals surface area contributed by atoms with Gasteiger partial charge in [0.25, 0.3) is 0 Å². The van der Waals surface area contributed by atoms with Crippen molar-refractivity contribution in [1.29, 1.82) is 0 Å². The van der Waals surface area contributed by atoms with Crippen LogP contribution in [-0.4, -0.2) is 113 Å². The fourth-order valence-electron chi connectivity index (χ4n) is 4.16. The molecule has 1 amide bonds. The van der Waals surface area contributed by atoms with Crippen LogP contribution in [0, 0.1) is 0 Å². The lowest BCUT2D eigenvalue weighted by Crippen LogP contribution is -2.64. The Morgan fingerprint density at radius 3 is 2.50 bits per heavy atom. The minimum atomic E-state index is -1.45. The molecule has 3 heterocycles. The number of carbonyl (C=O) groups excluding carboxylic acids is 1. The van der Waals surface area contributed by atoms with Crippen LogP contribution in [0.1, 0.15) is 34.1 Å². The molecule has 10 atom stereocenters. The fraction of sp³-hybridized carbons (Fsp3) is 0.950. The summed E-state index contributed by atoms with van der Waals surface area (Å²) in [7, 11) is 0. The normalized spacial score (nSPS) is 41.9. The van der Waals surface area contributed by atoms with Gasteiger partial charge in [-0.2, -0.15) is 0 Å². The number of fused-ring (bicyclic) bond motifs is 1. The number of rotatable bonds is 9. The molecule has 32 heavy (non-hydrogen) atoms. The number of hydrogen-bond donors (Lipinski definition) is 5. The van der Waals surface area contributed by atoms with Gasteiger partial charge in [-0.25, -0.2) is 0 Å². The van der Waals surface area contributed by atoms with Gasteiger partial charge in [-0.3, -0.25) is 4.79 Å². The molecule has 3 aliphatic heterocycles. The average Bonchev–Trinajstić information content (AvgIpc) is 3.20. The molecule has 3 saturated heterocycles. The van der Waals surface area contributed by atoms with Crippen molar-refractivity contribution in [3.8, 4) is 0 Å². The van der Waals surface area contributed by atoms with Crippen LogP contribution in [0.2, 0.25) is 0 Å². The smallest absolute Gasteiger partial charge is 0.217 e. The van der Waals surface area contributed by atoms with E-state index in [4.69, 9.17) is 28.4 Å². The lowest BCUT2D eigenvalue weighted by molar-refractivity contribution is -0.280. The quantitative estimate of drug-likeness (QED) is 0.255. The molecule has 186 valence electrons. The number of carbonyl (C=O) groups is 1. The molecule has 0 aliphatic carbocycles. The van der Waals surface area contributed by atoms with Crippen molar-refractivity contribution in [3.05, 3.63) is 0 Å². The van der Waals surface area contributed by atoms with Crippen molar-refractivity contribution >= 4 is 5.91 Å². The van der Waals surface area contributed by atoms with Gasteiger partial charge in [-0.15, -0.1) is 0 Å². The summed E-state index contributed by atoms with van der Waals surface area (Å²) in [6.45, 7) is 6.29. The summed E-state index contributed by atoms with van der Waals surface area (Å²) in [6, 6.07) is -1.11. The highest BCUT2D eigenvalue weighted by Gasteiger charge is 2.57. The van der Waals surface area contributed by atoms with Gasteiger partial charge >= 0.3 is 0 Å². The zero-order valence-corrected chi connectivity index (χ0v) is 18.7. The first-order valence-electron chi connectivity index (χ1n) is 10.9. The first kappa shape index (κ1) is 25.7. The third-order valence-corrected chi connectivity index (χ3v) is 5.60. The van der Waals surface area contributed by atoms with Gasteiger partial charge in [0.2, 0.25) is 5.91 Å². The van der Waals surface area contributed by atoms with Crippen molar-refractivity contribution < 1.29 is 53.6 Å². The summed E-state index contributed by atoms with van der Waals surface area (Å²) in [5.74, 6) is -1.31. The SMILES string of the molecule is CCCOC1C(C(O)COC2OC(CO)C(O)C(O)C2NC(C)=O)OC2OC(C)(C)OC21. The maximum atomic E-state index is 11.5. The van der Waals surface area contributed by atoms with Gasteiger partial charge < -0.3 is 54.2 Å². The maximum absolute atomic E-state index is 11.5. The van der Waals surface area contributed by atoms with E-state index in [2.05, 4.69) is 5.32 Å². The van der Waals surface area contributed by atoms with Gasteiger partial charge in [0, 0.05) is 13.5 Å². The van der Waals surface area contributed by atoms with Crippen LogP contribution in [-0.2, 0) is 33.2 Å².